The molecule has 0 radical (unpaired) electrons. The molecule has 0 aliphatic heterocycles. The van der Waals surface area contributed by atoms with E-state index in [1.165, 1.54) is 0 Å². The second kappa shape index (κ2) is 13.4. The zero-order chi connectivity index (χ0) is 9.91. The van der Waals surface area contributed by atoms with Crippen LogP contribution in [-0.4, -0.2) is 41.6 Å². The van der Waals surface area contributed by atoms with Crippen LogP contribution < -0.4 is 0 Å². The van der Waals surface area contributed by atoms with Crippen LogP contribution in [0.2, 0.25) is 0 Å². The summed E-state index contributed by atoms with van der Waals surface area (Å²) >= 11 is 5.74. The zero-order valence-corrected chi connectivity index (χ0v) is 9.54. The Kier molecular flexibility index (Phi) is 21.7. The fourth-order valence-electron chi connectivity index (χ4n) is 0. The van der Waals surface area contributed by atoms with Crippen molar-refractivity contribution in [1.29, 1.82) is 0 Å². The van der Waals surface area contributed by atoms with Gasteiger partial charge in [0.15, 0.2) is 0 Å². The maximum atomic E-state index is 8.09. The predicted octanol–water partition coefficient (Wildman–Crippen LogP) is 0.430. The van der Waals surface area contributed by atoms with E-state index < -0.39 is 6.72 Å². The van der Waals surface area contributed by atoms with Gasteiger partial charge in [0.25, 0.3) is 0 Å². The fraction of sp³-hybridized carbons (Fsp3) is 1.00. The Morgan fingerprint density at radius 1 is 1.27 bits per heavy atom. The lowest BCUT2D eigenvalue weighted by atomic mass is 11.8. The summed E-state index contributed by atoms with van der Waals surface area (Å²) in [7, 11) is 2.15. The normalized spacial score (nSPS) is 8.64. The fourth-order valence-corrected chi connectivity index (χ4v) is 0. The van der Waals surface area contributed by atoms with Crippen LogP contribution in [0.15, 0.2) is 0 Å². The predicted molar refractivity (Wildman–Crippen MR) is 53.3 cm³/mol. The van der Waals surface area contributed by atoms with Crippen LogP contribution in [-0.2, 0) is 16.3 Å². The molecule has 0 atom stereocenters. The Morgan fingerprint density at radius 3 is 1.36 bits per heavy atom. The van der Waals surface area contributed by atoms with Crippen molar-refractivity contribution in [2.75, 3.05) is 26.7 Å². The molecule has 0 saturated carbocycles. The number of rotatable bonds is 1. The van der Waals surface area contributed by atoms with Gasteiger partial charge in [-0.25, -0.2) is 0 Å². The average molecular weight is 222 g/mol. The minimum atomic E-state index is -3.31. The Bertz CT molecular complexity index is 94.1. The second-order valence-electron chi connectivity index (χ2n) is 1.08. The summed E-state index contributed by atoms with van der Waals surface area (Å²) in [5.41, 5.74) is 0. The molecular weight excluding hydrogens is 207 g/mol. The van der Waals surface area contributed by atoms with E-state index in [-0.39, 0.29) is 0 Å². The van der Waals surface area contributed by atoms with Crippen molar-refractivity contribution in [2.45, 2.75) is 0 Å². The van der Waals surface area contributed by atoms with Crippen LogP contribution in [0.25, 0.3) is 0 Å². The van der Waals surface area contributed by atoms with Gasteiger partial charge in [-0.15, -0.1) is 0 Å². The third-order valence-corrected chi connectivity index (χ3v) is 1.16. The highest BCUT2D eigenvalue weighted by Gasteiger charge is 1.99. The molecule has 0 amide bonds. The topological polar surface area (TPSA) is 69.9 Å². The van der Waals surface area contributed by atoms with Crippen LogP contribution >= 0.6 is 18.5 Å². The van der Waals surface area contributed by atoms with Crippen LogP contribution in [0.4, 0.5) is 0 Å². The molecule has 11 heavy (non-hydrogen) atoms. The Hall–Kier alpha value is 0.840. The van der Waals surface area contributed by atoms with Crippen molar-refractivity contribution < 1.29 is 19.4 Å². The van der Waals surface area contributed by atoms with E-state index >= 15 is 0 Å². The van der Waals surface area contributed by atoms with Crippen LogP contribution in [0.5, 0.6) is 0 Å². The van der Waals surface area contributed by atoms with E-state index in [1.807, 2.05) is 12.5 Å². The molecule has 0 saturated heterocycles. The highest BCUT2D eigenvalue weighted by Crippen LogP contribution is 2.34. The quantitative estimate of drug-likeness (QED) is 0.559. The van der Waals surface area contributed by atoms with Gasteiger partial charge >= 0.3 is 6.72 Å². The molecule has 0 unspecified atom stereocenters. The maximum Gasteiger partial charge on any atom is 0.321 e. The van der Waals surface area contributed by atoms with E-state index in [9.17, 15) is 0 Å². The van der Waals surface area contributed by atoms with Gasteiger partial charge in [0.2, 0.25) is 0 Å². The summed E-state index contributed by atoms with van der Waals surface area (Å²) in [5, 5.41) is 7.00. The highest BCUT2D eigenvalue weighted by atomic mass is 32.5. The molecule has 0 aliphatic carbocycles. The van der Waals surface area contributed by atoms with Crippen molar-refractivity contribution in [3.63, 3.8) is 0 Å². The van der Waals surface area contributed by atoms with E-state index in [4.69, 9.17) is 14.9 Å². The minimum absolute atomic E-state index is 1.00. The number of hydrogen-bond donors (Lipinski definition) is 3. The van der Waals surface area contributed by atoms with Crippen molar-refractivity contribution in [1.82, 2.24) is 0 Å². The first kappa shape index (κ1) is 17.8. The summed E-state index contributed by atoms with van der Waals surface area (Å²) in [6.45, 7) is -3.31. The Labute approximate surface area is 76.8 Å². The van der Waals surface area contributed by atoms with Crippen molar-refractivity contribution in [2.24, 2.45) is 0 Å². The van der Waals surface area contributed by atoms with Crippen molar-refractivity contribution in [3.05, 3.63) is 0 Å². The third kappa shape index (κ3) is 57.4. The molecule has 0 aromatic rings. The third-order valence-electron chi connectivity index (χ3n) is 0.238. The lowest BCUT2D eigenvalue weighted by Gasteiger charge is -1.98. The summed E-state index contributed by atoms with van der Waals surface area (Å²) in [6, 6.07) is 0. The van der Waals surface area contributed by atoms with Gasteiger partial charge in [-0.1, -0.05) is 0 Å². The number of hydrogen-bond acceptors (Lipinski definition) is 4. The molecule has 0 rings (SSSR count). The Morgan fingerprint density at radius 2 is 1.36 bits per heavy atom. The SMILES string of the molecule is CO.COP(O)(O)=S.CSC. The molecular formula is C4H15O4PS2. The molecule has 7 heteroatoms. The molecule has 0 aromatic heterocycles. The molecule has 0 aliphatic rings. The lowest BCUT2D eigenvalue weighted by Crippen LogP contribution is -1.75. The molecule has 72 valence electrons. The second-order valence-corrected chi connectivity index (χ2v) is 4.67. The molecule has 0 heterocycles. The molecule has 4 nitrogen and oxygen atoms in total. The smallest absolute Gasteiger partial charge is 0.321 e. The summed E-state index contributed by atoms with van der Waals surface area (Å²) < 4.78 is 3.97. The number of thioether (sulfide) groups is 1. The largest absolute Gasteiger partial charge is 0.400 e. The molecule has 0 bridgehead atoms. The minimum Gasteiger partial charge on any atom is -0.400 e. The van der Waals surface area contributed by atoms with Gasteiger partial charge < -0.3 is 19.4 Å². The molecule has 0 aromatic carbocycles. The van der Waals surface area contributed by atoms with E-state index in [2.05, 4.69) is 16.3 Å². The first-order valence-electron chi connectivity index (χ1n) is 2.44. The first-order chi connectivity index (χ1) is 4.97. The van der Waals surface area contributed by atoms with Crippen molar-refractivity contribution >= 4 is 30.3 Å². The Balaban J connectivity index is -0.000000109. The maximum absolute atomic E-state index is 8.09. The van der Waals surface area contributed by atoms with Gasteiger partial charge in [-0.3, -0.25) is 0 Å². The van der Waals surface area contributed by atoms with Gasteiger partial charge in [-0.2, -0.15) is 11.8 Å². The van der Waals surface area contributed by atoms with E-state index in [0.717, 1.165) is 14.2 Å². The molecule has 0 fully saturated rings. The number of aliphatic hydroxyl groups is 1. The zero-order valence-electron chi connectivity index (χ0n) is 7.01. The van der Waals surface area contributed by atoms with Gasteiger partial charge in [-0.05, 0) is 24.3 Å². The first-order valence-corrected chi connectivity index (χ1v) is 6.70. The van der Waals surface area contributed by atoms with Gasteiger partial charge in [0.1, 0.15) is 0 Å². The van der Waals surface area contributed by atoms with Crippen LogP contribution in [0.1, 0.15) is 0 Å². The average Bonchev–Trinajstić information content (AvgIpc) is 1.93. The van der Waals surface area contributed by atoms with Gasteiger partial charge in [0.05, 0.1) is 0 Å². The highest BCUT2D eigenvalue weighted by molar-refractivity contribution is 8.06. The van der Waals surface area contributed by atoms with Crippen molar-refractivity contribution in [3.8, 4) is 0 Å². The number of aliphatic hydroxyl groups excluding tert-OH is 1. The summed E-state index contributed by atoms with van der Waals surface area (Å²) in [6.07, 6.45) is 4.08. The lowest BCUT2D eigenvalue weighted by molar-refractivity contribution is 0.306. The van der Waals surface area contributed by atoms with E-state index in [0.29, 0.717) is 0 Å². The molecule has 3 N–H and O–H groups in total. The van der Waals surface area contributed by atoms with E-state index in [1.54, 1.807) is 11.8 Å². The van der Waals surface area contributed by atoms with Crippen LogP contribution in [0.3, 0.4) is 0 Å². The standard InChI is InChI=1S/C2H6S.CH5O3PS.CH4O/c1-3-2;1-4-5(2,3)6;1-2/h1-2H3;1H3,(H2,2,3,6);2H,1H3. The van der Waals surface area contributed by atoms with Crippen LogP contribution in [0, 0.1) is 0 Å². The molecule has 0 spiro atoms. The summed E-state index contributed by atoms with van der Waals surface area (Å²) in [4.78, 5) is 16.2. The monoisotopic (exact) mass is 222 g/mol. The summed E-state index contributed by atoms with van der Waals surface area (Å²) in [5.74, 6) is 0. The van der Waals surface area contributed by atoms with Gasteiger partial charge in [0, 0.05) is 14.2 Å².